The first-order valence-electron chi connectivity index (χ1n) is 12.8. The van der Waals surface area contributed by atoms with E-state index in [1.54, 1.807) is 0 Å². The first-order valence-corrected chi connectivity index (χ1v) is 12.8. The van der Waals surface area contributed by atoms with Crippen molar-refractivity contribution >= 4 is 35.8 Å². The van der Waals surface area contributed by atoms with E-state index in [0.717, 1.165) is 0 Å². The highest BCUT2D eigenvalue weighted by molar-refractivity contribution is 5.94. The van der Waals surface area contributed by atoms with Crippen LogP contribution in [0.1, 0.15) is 54.3 Å². The molecule has 0 aliphatic rings. The molecule has 0 saturated heterocycles. The van der Waals surface area contributed by atoms with Gasteiger partial charge in [0, 0.05) is 0 Å². The molecule has 16 heteroatoms. The highest BCUT2D eigenvalue weighted by atomic mass is 16.6. The minimum Gasteiger partial charge on any atom is -0.481 e. The third-order valence-electron chi connectivity index (χ3n) is 4.56. The summed E-state index contributed by atoms with van der Waals surface area (Å²) in [5.41, 5.74) is 1.12. The Hall–Kier alpha value is -4.90. The van der Waals surface area contributed by atoms with Gasteiger partial charge in [-0.2, -0.15) is 0 Å². The Balaban J connectivity index is 0.000000679. The van der Waals surface area contributed by atoms with Gasteiger partial charge in [0.15, 0.2) is 0 Å². The lowest BCUT2D eigenvalue weighted by Crippen LogP contribution is -2.11. The number of carboxylic acid groups (broad SMARTS) is 2. The number of carboxylic acids is 2. The fourth-order valence-electron chi connectivity index (χ4n) is 2.59. The summed E-state index contributed by atoms with van der Waals surface area (Å²) in [6.07, 6.45) is -0.593. The summed E-state index contributed by atoms with van der Waals surface area (Å²) in [6, 6.07) is 11.4. The normalized spacial score (nSPS) is 9.64. The number of carbonyl (C=O) groups is 6. The van der Waals surface area contributed by atoms with Crippen LogP contribution in [0.15, 0.2) is 48.5 Å². The zero-order chi connectivity index (χ0) is 33.3. The molecule has 0 heterocycles. The van der Waals surface area contributed by atoms with E-state index in [1.165, 1.54) is 48.5 Å². The van der Waals surface area contributed by atoms with E-state index in [0.29, 0.717) is 0 Å². The van der Waals surface area contributed by atoms with Crippen molar-refractivity contribution in [3.8, 4) is 0 Å². The van der Waals surface area contributed by atoms with E-state index in [4.69, 9.17) is 49.6 Å². The molecule has 2 aromatic carbocycles. The zero-order valence-corrected chi connectivity index (χ0v) is 23.5. The first-order chi connectivity index (χ1) is 21.0. The molecule has 6 N–H and O–H groups in total. The van der Waals surface area contributed by atoms with Crippen LogP contribution in [0.25, 0.3) is 0 Å². The lowest BCUT2D eigenvalue weighted by molar-refractivity contribution is -0.143. The van der Waals surface area contributed by atoms with Gasteiger partial charge in [0.05, 0.1) is 61.5 Å². The molecule has 0 amide bonds. The number of rotatable bonds is 15. The van der Waals surface area contributed by atoms with Gasteiger partial charge in [-0.25, -0.2) is 19.2 Å². The van der Waals surface area contributed by atoms with Crippen LogP contribution in [-0.2, 0) is 28.5 Å². The summed E-state index contributed by atoms with van der Waals surface area (Å²) in [7, 11) is 0. The monoisotopic (exact) mass is 626 g/mol. The van der Waals surface area contributed by atoms with Crippen LogP contribution in [0.2, 0.25) is 0 Å². The maximum Gasteiger partial charge on any atom is 0.338 e. The van der Waals surface area contributed by atoms with Crippen LogP contribution in [-0.4, -0.2) is 119 Å². The molecule has 0 aromatic heterocycles. The van der Waals surface area contributed by atoms with Gasteiger partial charge in [-0.15, -0.1) is 0 Å². The van der Waals surface area contributed by atoms with Crippen LogP contribution in [0, 0.1) is 0 Å². The molecule has 0 unspecified atom stereocenters. The van der Waals surface area contributed by atoms with Gasteiger partial charge in [0.25, 0.3) is 0 Å². The second-order valence-corrected chi connectivity index (χ2v) is 7.88. The van der Waals surface area contributed by atoms with Crippen LogP contribution in [0.5, 0.6) is 0 Å². The molecule has 242 valence electrons. The fraction of sp³-hybridized carbons (Fsp3) is 0.357. The number of hydrogen-bond donors (Lipinski definition) is 6. The molecular weight excluding hydrogens is 592 g/mol. The minimum atomic E-state index is -1.08. The average molecular weight is 627 g/mol. The van der Waals surface area contributed by atoms with Crippen LogP contribution in [0.4, 0.5) is 0 Å². The molecule has 0 spiro atoms. The lowest BCUT2D eigenvalue weighted by Gasteiger charge is -2.05. The number of aliphatic hydroxyl groups is 4. The van der Waals surface area contributed by atoms with Gasteiger partial charge in [-0.1, -0.05) is 0 Å². The van der Waals surface area contributed by atoms with E-state index in [-0.39, 0.29) is 88.0 Å². The average Bonchev–Trinajstić information content (AvgIpc) is 3.03. The second-order valence-electron chi connectivity index (χ2n) is 7.88. The Bertz CT molecular complexity index is 1000. The molecule has 2 aromatic rings. The smallest absolute Gasteiger partial charge is 0.338 e. The molecule has 0 bridgehead atoms. The van der Waals surface area contributed by atoms with Crippen LogP contribution < -0.4 is 0 Å². The third kappa shape index (κ3) is 17.8. The predicted molar refractivity (Wildman–Crippen MR) is 147 cm³/mol. The van der Waals surface area contributed by atoms with Crippen molar-refractivity contribution in [1.82, 2.24) is 0 Å². The van der Waals surface area contributed by atoms with Crippen LogP contribution >= 0.6 is 0 Å². The highest BCUT2D eigenvalue weighted by Crippen LogP contribution is 2.08. The van der Waals surface area contributed by atoms with E-state index in [1.807, 2.05) is 0 Å². The van der Waals surface area contributed by atoms with Crippen LogP contribution in [0.3, 0.4) is 0 Å². The SMILES string of the molecule is O=C(O)CCC(=O)O.O=C(OCCO)c1ccc(C(=O)OCCO)cc1.O=C(OCCO)c1ccc(C(=O)OCCO)cc1. The predicted octanol–water partition coefficient (Wildman–Crippen LogP) is -0.0946. The Morgan fingerprint density at radius 1 is 0.409 bits per heavy atom. The maximum atomic E-state index is 11.4. The maximum absolute atomic E-state index is 11.4. The topological polar surface area (TPSA) is 261 Å². The number of esters is 4. The van der Waals surface area contributed by atoms with E-state index < -0.39 is 35.8 Å². The summed E-state index contributed by atoms with van der Waals surface area (Å²) >= 11 is 0. The number of aliphatic carboxylic acids is 2. The van der Waals surface area contributed by atoms with Gasteiger partial charge >= 0.3 is 35.8 Å². The Labute approximate surface area is 251 Å². The number of ether oxygens (including phenoxy) is 4. The Morgan fingerprint density at radius 2 is 0.591 bits per heavy atom. The molecule has 0 fully saturated rings. The van der Waals surface area contributed by atoms with Crippen molar-refractivity contribution in [2.45, 2.75) is 12.8 Å². The fourth-order valence-corrected chi connectivity index (χ4v) is 2.59. The lowest BCUT2D eigenvalue weighted by atomic mass is 10.1. The quantitative estimate of drug-likeness (QED) is 0.111. The first kappa shape index (κ1) is 39.1. The summed E-state index contributed by atoms with van der Waals surface area (Å²) in [5, 5.41) is 49.8. The Morgan fingerprint density at radius 3 is 0.727 bits per heavy atom. The number of aliphatic hydroxyl groups excluding tert-OH is 4. The summed E-state index contributed by atoms with van der Waals surface area (Å²) in [5.74, 6) is -4.43. The zero-order valence-electron chi connectivity index (χ0n) is 23.5. The van der Waals surface area contributed by atoms with Crippen molar-refractivity contribution in [2.75, 3.05) is 52.9 Å². The van der Waals surface area contributed by atoms with Gasteiger partial charge in [0.1, 0.15) is 26.4 Å². The van der Waals surface area contributed by atoms with E-state index in [9.17, 15) is 28.8 Å². The Kier molecular flexibility index (Phi) is 21.0. The number of hydrogen-bond acceptors (Lipinski definition) is 14. The highest BCUT2D eigenvalue weighted by Gasteiger charge is 2.11. The van der Waals surface area contributed by atoms with Crippen molar-refractivity contribution in [3.05, 3.63) is 70.8 Å². The molecule has 0 aliphatic heterocycles. The van der Waals surface area contributed by atoms with Crippen molar-refractivity contribution < 1.29 is 78.4 Å². The molecule has 16 nitrogen and oxygen atoms in total. The summed E-state index contributed by atoms with van der Waals surface area (Å²) in [6.45, 7) is -1.24. The van der Waals surface area contributed by atoms with Gasteiger partial charge in [0.2, 0.25) is 0 Å². The second kappa shape index (κ2) is 23.6. The van der Waals surface area contributed by atoms with E-state index in [2.05, 4.69) is 0 Å². The number of carbonyl (C=O) groups excluding carboxylic acids is 4. The molecule has 0 radical (unpaired) electrons. The standard InChI is InChI=1S/2C12H14O6.C4H6O4/c2*13-5-7-17-11(15)9-1-2-10(4-3-9)12(16)18-8-6-14;5-3(6)1-2-4(7)8/h2*1-4,13-14H,5-8H2;1-2H2,(H,5,6)(H,7,8). The van der Waals surface area contributed by atoms with Crippen molar-refractivity contribution in [1.29, 1.82) is 0 Å². The molecule has 44 heavy (non-hydrogen) atoms. The largest absolute Gasteiger partial charge is 0.481 e. The van der Waals surface area contributed by atoms with Crippen molar-refractivity contribution in [2.24, 2.45) is 0 Å². The molecular formula is C28H34O16. The molecule has 0 saturated carbocycles. The third-order valence-corrected chi connectivity index (χ3v) is 4.56. The molecule has 0 aliphatic carbocycles. The van der Waals surface area contributed by atoms with Gasteiger partial charge in [-0.3, -0.25) is 9.59 Å². The van der Waals surface area contributed by atoms with E-state index >= 15 is 0 Å². The molecule has 0 atom stereocenters. The van der Waals surface area contributed by atoms with Gasteiger partial charge < -0.3 is 49.6 Å². The van der Waals surface area contributed by atoms with Crippen molar-refractivity contribution in [3.63, 3.8) is 0 Å². The minimum absolute atomic E-state index is 0.0703. The summed E-state index contributed by atoms with van der Waals surface area (Å²) < 4.78 is 18.8. The van der Waals surface area contributed by atoms with Gasteiger partial charge in [-0.05, 0) is 48.5 Å². The molecule has 2 rings (SSSR count). The number of benzene rings is 2. The summed E-state index contributed by atoms with van der Waals surface area (Å²) in [4.78, 5) is 64.8.